The van der Waals surface area contributed by atoms with Gasteiger partial charge in [0.2, 0.25) is 0 Å². The van der Waals surface area contributed by atoms with Crippen LogP contribution in [0.4, 0.5) is 11.4 Å². The second-order valence-corrected chi connectivity index (χ2v) is 3.89. The zero-order valence-electron chi connectivity index (χ0n) is 10.8. The highest BCUT2D eigenvalue weighted by Crippen LogP contribution is 2.26. The van der Waals surface area contributed by atoms with Gasteiger partial charge in [0.1, 0.15) is 5.75 Å². The van der Waals surface area contributed by atoms with Crippen LogP contribution in [0.15, 0.2) is 48.5 Å². The zero-order chi connectivity index (χ0) is 13.7. The minimum Gasteiger partial charge on any atom is -0.495 e. The van der Waals surface area contributed by atoms with Crippen LogP contribution in [0.5, 0.6) is 5.75 Å². The molecule has 0 aromatic heterocycles. The van der Waals surface area contributed by atoms with Crippen LogP contribution in [0, 0.1) is 0 Å². The van der Waals surface area contributed by atoms with Gasteiger partial charge in [0, 0.05) is 5.69 Å². The molecule has 98 valence electrons. The summed E-state index contributed by atoms with van der Waals surface area (Å²) < 4.78 is 9.91. The molecule has 19 heavy (non-hydrogen) atoms. The summed E-state index contributed by atoms with van der Waals surface area (Å²) >= 11 is 0. The van der Waals surface area contributed by atoms with Gasteiger partial charge in [0.05, 0.1) is 25.5 Å². The van der Waals surface area contributed by atoms with Crippen LogP contribution in [0.3, 0.4) is 0 Å². The van der Waals surface area contributed by atoms with Gasteiger partial charge in [-0.2, -0.15) is 0 Å². The van der Waals surface area contributed by atoms with Crippen LogP contribution in [-0.4, -0.2) is 20.2 Å². The SMILES string of the molecule is COC(=O)c1ccc(Nc2ccccc2OC)cc1. The van der Waals surface area contributed by atoms with Gasteiger partial charge in [-0.25, -0.2) is 4.79 Å². The molecule has 4 nitrogen and oxygen atoms in total. The highest BCUT2D eigenvalue weighted by atomic mass is 16.5. The molecular formula is C15H15NO3. The Morgan fingerprint density at radius 3 is 2.32 bits per heavy atom. The van der Waals surface area contributed by atoms with Crippen LogP contribution in [0.2, 0.25) is 0 Å². The minimum atomic E-state index is -0.344. The first-order chi connectivity index (χ1) is 9.24. The van der Waals surface area contributed by atoms with Gasteiger partial charge in [0.25, 0.3) is 0 Å². The molecule has 0 spiro atoms. The number of carbonyl (C=O) groups is 1. The Kier molecular flexibility index (Phi) is 4.03. The molecule has 0 amide bonds. The van der Waals surface area contributed by atoms with Crippen molar-refractivity contribution in [3.8, 4) is 5.75 Å². The van der Waals surface area contributed by atoms with Crippen molar-refractivity contribution in [3.05, 3.63) is 54.1 Å². The van der Waals surface area contributed by atoms with Crippen molar-refractivity contribution < 1.29 is 14.3 Å². The fourth-order valence-corrected chi connectivity index (χ4v) is 1.71. The van der Waals surface area contributed by atoms with E-state index in [0.29, 0.717) is 5.56 Å². The quantitative estimate of drug-likeness (QED) is 0.854. The van der Waals surface area contributed by atoms with Crippen molar-refractivity contribution in [2.45, 2.75) is 0 Å². The third kappa shape index (κ3) is 3.04. The fourth-order valence-electron chi connectivity index (χ4n) is 1.71. The number of hydrogen-bond acceptors (Lipinski definition) is 4. The summed E-state index contributed by atoms with van der Waals surface area (Å²) in [5, 5.41) is 3.23. The molecule has 0 saturated carbocycles. The van der Waals surface area contributed by atoms with Crippen molar-refractivity contribution in [1.29, 1.82) is 0 Å². The Hall–Kier alpha value is -2.49. The van der Waals surface area contributed by atoms with Gasteiger partial charge in [-0.1, -0.05) is 12.1 Å². The Morgan fingerprint density at radius 2 is 1.68 bits per heavy atom. The molecule has 2 aromatic carbocycles. The average molecular weight is 257 g/mol. The first kappa shape index (κ1) is 13.0. The summed E-state index contributed by atoms with van der Waals surface area (Å²) in [4.78, 5) is 11.3. The van der Waals surface area contributed by atoms with Crippen molar-refractivity contribution in [3.63, 3.8) is 0 Å². The number of ether oxygens (including phenoxy) is 2. The topological polar surface area (TPSA) is 47.6 Å². The number of methoxy groups -OCH3 is 2. The summed E-state index contributed by atoms with van der Waals surface area (Å²) in [6.07, 6.45) is 0. The van der Waals surface area contributed by atoms with Crippen LogP contribution in [0.1, 0.15) is 10.4 Å². The molecule has 0 saturated heterocycles. The second kappa shape index (κ2) is 5.91. The van der Waals surface area contributed by atoms with Gasteiger partial charge < -0.3 is 14.8 Å². The molecule has 1 N–H and O–H groups in total. The molecule has 0 unspecified atom stereocenters. The van der Waals surface area contributed by atoms with Crippen LogP contribution >= 0.6 is 0 Å². The number of carbonyl (C=O) groups excluding carboxylic acids is 1. The molecule has 0 atom stereocenters. The van der Waals surface area contributed by atoms with Gasteiger partial charge in [-0.05, 0) is 36.4 Å². The van der Waals surface area contributed by atoms with Gasteiger partial charge in [-0.3, -0.25) is 0 Å². The Bertz CT molecular complexity index is 564. The molecule has 0 aliphatic carbocycles. The highest BCUT2D eigenvalue weighted by molar-refractivity contribution is 5.89. The molecule has 2 aromatic rings. The monoisotopic (exact) mass is 257 g/mol. The zero-order valence-corrected chi connectivity index (χ0v) is 10.8. The van der Waals surface area contributed by atoms with Crippen molar-refractivity contribution in [1.82, 2.24) is 0 Å². The lowest BCUT2D eigenvalue weighted by molar-refractivity contribution is 0.0601. The van der Waals surface area contributed by atoms with E-state index in [1.165, 1.54) is 7.11 Å². The summed E-state index contributed by atoms with van der Waals surface area (Å²) in [5.41, 5.74) is 2.26. The largest absolute Gasteiger partial charge is 0.495 e. The molecule has 0 heterocycles. The third-order valence-electron chi connectivity index (χ3n) is 2.69. The van der Waals surface area contributed by atoms with Gasteiger partial charge in [-0.15, -0.1) is 0 Å². The van der Waals surface area contributed by atoms with Gasteiger partial charge in [0.15, 0.2) is 0 Å². The Balaban J connectivity index is 2.17. The first-order valence-corrected chi connectivity index (χ1v) is 5.83. The van der Waals surface area contributed by atoms with Gasteiger partial charge >= 0.3 is 5.97 Å². The highest BCUT2D eigenvalue weighted by Gasteiger charge is 2.05. The maximum atomic E-state index is 11.3. The van der Waals surface area contributed by atoms with E-state index in [1.54, 1.807) is 19.2 Å². The molecule has 4 heteroatoms. The number of para-hydroxylation sites is 2. The first-order valence-electron chi connectivity index (χ1n) is 5.83. The predicted octanol–water partition coefficient (Wildman–Crippen LogP) is 3.23. The fraction of sp³-hybridized carbons (Fsp3) is 0.133. The van der Waals surface area contributed by atoms with E-state index >= 15 is 0 Å². The standard InChI is InChI=1S/C15H15NO3/c1-18-14-6-4-3-5-13(14)16-12-9-7-11(8-10-12)15(17)19-2/h3-10,16H,1-2H3. The summed E-state index contributed by atoms with van der Waals surface area (Å²) in [5.74, 6) is 0.420. The van der Waals surface area contributed by atoms with Crippen molar-refractivity contribution >= 4 is 17.3 Å². The predicted molar refractivity (Wildman–Crippen MR) is 74.1 cm³/mol. The smallest absolute Gasteiger partial charge is 0.337 e. The van der Waals surface area contributed by atoms with E-state index in [2.05, 4.69) is 10.1 Å². The van der Waals surface area contributed by atoms with E-state index in [0.717, 1.165) is 17.1 Å². The lowest BCUT2D eigenvalue weighted by atomic mass is 10.2. The van der Waals surface area contributed by atoms with E-state index in [-0.39, 0.29) is 5.97 Å². The summed E-state index contributed by atoms with van der Waals surface area (Å²) in [6.45, 7) is 0. The lowest BCUT2D eigenvalue weighted by Crippen LogP contribution is -2.01. The van der Waals surface area contributed by atoms with E-state index in [4.69, 9.17) is 4.74 Å². The molecule has 0 aliphatic rings. The van der Waals surface area contributed by atoms with Crippen molar-refractivity contribution in [2.75, 3.05) is 19.5 Å². The normalized spacial score (nSPS) is 9.79. The molecule has 2 rings (SSSR count). The number of benzene rings is 2. The average Bonchev–Trinajstić information content (AvgIpc) is 2.48. The minimum absolute atomic E-state index is 0.344. The second-order valence-electron chi connectivity index (χ2n) is 3.89. The number of esters is 1. The molecular weight excluding hydrogens is 242 g/mol. The number of nitrogens with one attached hydrogen (secondary N) is 1. The molecule has 0 radical (unpaired) electrons. The molecule has 0 bridgehead atoms. The third-order valence-corrected chi connectivity index (χ3v) is 2.69. The number of hydrogen-bond donors (Lipinski definition) is 1. The summed E-state index contributed by atoms with van der Waals surface area (Å²) in [6, 6.07) is 14.7. The molecule has 0 fully saturated rings. The van der Waals surface area contributed by atoms with E-state index in [9.17, 15) is 4.79 Å². The maximum Gasteiger partial charge on any atom is 0.337 e. The Labute approximate surface area is 112 Å². The van der Waals surface area contributed by atoms with Crippen LogP contribution in [-0.2, 0) is 4.74 Å². The number of rotatable bonds is 4. The molecule has 0 aliphatic heterocycles. The van der Waals surface area contributed by atoms with E-state index in [1.807, 2.05) is 36.4 Å². The van der Waals surface area contributed by atoms with Crippen molar-refractivity contribution in [2.24, 2.45) is 0 Å². The van der Waals surface area contributed by atoms with Crippen LogP contribution in [0.25, 0.3) is 0 Å². The Morgan fingerprint density at radius 1 is 1.00 bits per heavy atom. The lowest BCUT2D eigenvalue weighted by Gasteiger charge is -2.11. The maximum absolute atomic E-state index is 11.3. The summed E-state index contributed by atoms with van der Waals surface area (Å²) in [7, 11) is 2.99. The number of anilines is 2. The van der Waals surface area contributed by atoms with E-state index < -0.39 is 0 Å². The van der Waals surface area contributed by atoms with Crippen LogP contribution < -0.4 is 10.1 Å².